The second-order valence-corrected chi connectivity index (χ2v) is 6.04. The zero-order valence-corrected chi connectivity index (χ0v) is 14.4. The highest BCUT2D eigenvalue weighted by Crippen LogP contribution is 2.32. The average molecular weight is 328 g/mol. The summed E-state index contributed by atoms with van der Waals surface area (Å²) in [5.41, 5.74) is 3.32. The molecular weight excluding hydrogens is 308 g/mol. The molecule has 0 saturated carbocycles. The highest BCUT2D eigenvalue weighted by atomic mass is 32.2. The largest absolute Gasteiger partial charge is 0.497 e. The Balaban J connectivity index is 1.89. The molecule has 4 nitrogen and oxygen atoms in total. The van der Waals surface area contributed by atoms with Crippen molar-refractivity contribution in [1.82, 2.24) is 9.55 Å². The van der Waals surface area contributed by atoms with Gasteiger partial charge in [-0.1, -0.05) is 23.9 Å². The molecule has 5 heteroatoms. The van der Waals surface area contributed by atoms with Gasteiger partial charge in [0, 0.05) is 17.9 Å². The van der Waals surface area contributed by atoms with Crippen LogP contribution in [0.1, 0.15) is 12.5 Å². The van der Waals surface area contributed by atoms with E-state index in [4.69, 9.17) is 14.5 Å². The van der Waals surface area contributed by atoms with Gasteiger partial charge in [0.15, 0.2) is 5.16 Å². The summed E-state index contributed by atoms with van der Waals surface area (Å²) < 4.78 is 13.0. The van der Waals surface area contributed by atoms with Crippen LogP contribution in [0.15, 0.2) is 47.6 Å². The number of imidazole rings is 1. The third-order valence-electron chi connectivity index (χ3n) is 3.78. The van der Waals surface area contributed by atoms with Gasteiger partial charge in [-0.3, -0.25) is 0 Å². The second kappa shape index (κ2) is 6.96. The first kappa shape index (κ1) is 15.7. The number of ether oxygens (including phenoxy) is 2. The molecule has 120 valence electrons. The minimum Gasteiger partial charge on any atom is -0.497 e. The molecule has 1 aromatic heterocycles. The molecule has 0 aliphatic heterocycles. The van der Waals surface area contributed by atoms with Crippen molar-refractivity contribution in [2.75, 3.05) is 14.2 Å². The summed E-state index contributed by atoms with van der Waals surface area (Å²) in [7, 11) is 3.37. The third kappa shape index (κ3) is 3.15. The monoisotopic (exact) mass is 328 g/mol. The van der Waals surface area contributed by atoms with Crippen molar-refractivity contribution in [3.05, 3.63) is 48.0 Å². The lowest BCUT2D eigenvalue weighted by Crippen LogP contribution is -1.97. The molecule has 2 aromatic carbocycles. The summed E-state index contributed by atoms with van der Waals surface area (Å²) in [6, 6.07) is 14.1. The van der Waals surface area contributed by atoms with E-state index in [0.29, 0.717) is 0 Å². The Hall–Kier alpha value is -2.14. The van der Waals surface area contributed by atoms with Crippen molar-refractivity contribution >= 4 is 22.8 Å². The number of aryl methyl sites for hydroxylation is 1. The number of nitrogens with zero attached hydrogens (tertiary/aromatic N) is 2. The predicted molar refractivity (Wildman–Crippen MR) is 94.5 cm³/mol. The van der Waals surface area contributed by atoms with Crippen molar-refractivity contribution in [1.29, 1.82) is 0 Å². The first-order valence-corrected chi connectivity index (χ1v) is 8.54. The molecule has 23 heavy (non-hydrogen) atoms. The van der Waals surface area contributed by atoms with Crippen LogP contribution in [0.2, 0.25) is 0 Å². The van der Waals surface area contributed by atoms with Gasteiger partial charge in [0.2, 0.25) is 0 Å². The van der Waals surface area contributed by atoms with Crippen LogP contribution in [0.3, 0.4) is 0 Å². The van der Waals surface area contributed by atoms with Crippen LogP contribution < -0.4 is 9.47 Å². The smallest absolute Gasteiger partial charge is 0.169 e. The number of aromatic nitrogens is 2. The minimum absolute atomic E-state index is 0.781. The average Bonchev–Trinajstić information content (AvgIpc) is 2.97. The number of hydrogen-bond acceptors (Lipinski definition) is 4. The molecular formula is C18H20N2O2S. The van der Waals surface area contributed by atoms with E-state index in [0.717, 1.165) is 40.0 Å². The van der Waals surface area contributed by atoms with Crippen LogP contribution in [0, 0.1) is 0 Å². The first-order valence-electron chi connectivity index (χ1n) is 7.55. The lowest BCUT2D eigenvalue weighted by atomic mass is 10.2. The molecule has 0 atom stereocenters. The fourth-order valence-corrected chi connectivity index (χ4v) is 3.66. The van der Waals surface area contributed by atoms with Gasteiger partial charge in [0.1, 0.15) is 11.5 Å². The van der Waals surface area contributed by atoms with Gasteiger partial charge in [-0.05, 0) is 37.3 Å². The van der Waals surface area contributed by atoms with Gasteiger partial charge < -0.3 is 14.0 Å². The van der Waals surface area contributed by atoms with Gasteiger partial charge in [0.05, 0.1) is 25.3 Å². The fraction of sp³-hybridized carbons (Fsp3) is 0.278. The maximum atomic E-state index is 5.45. The van der Waals surface area contributed by atoms with Gasteiger partial charge in [-0.15, -0.1) is 0 Å². The van der Waals surface area contributed by atoms with E-state index in [2.05, 4.69) is 29.7 Å². The maximum absolute atomic E-state index is 5.45. The van der Waals surface area contributed by atoms with Crippen molar-refractivity contribution in [2.24, 2.45) is 0 Å². The van der Waals surface area contributed by atoms with Crippen molar-refractivity contribution in [3.8, 4) is 11.5 Å². The molecule has 1 heterocycles. The topological polar surface area (TPSA) is 36.3 Å². The van der Waals surface area contributed by atoms with E-state index in [1.165, 1.54) is 5.52 Å². The second-order valence-electron chi connectivity index (χ2n) is 5.09. The summed E-state index contributed by atoms with van der Waals surface area (Å²) in [6.07, 6.45) is 0. The summed E-state index contributed by atoms with van der Waals surface area (Å²) in [5.74, 6) is 2.49. The van der Waals surface area contributed by atoms with Gasteiger partial charge in [0.25, 0.3) is 0 Å². The normalized spacial score (nSPS) is 10.9. The highest BCUT2D eigenvalue weighted by molar-refractivity contribution is 7.98. The van der Waals surface area contributed by atoms with Gasteiger partial charge in [-0.25, -0.2) is 4.98 Å². The van der Waals surface area contributed by atoms with Crippen LogP contribution in [-0.4, -0.2) is 23.8 Å². The number of fused-ring (bicyclic) bond motifs is 1. The lowest BCUT2D eigenvalue weighted by molar-refractivity contribution is 0.400. The molecule has 0 aliphatic carbocycles. The number of hydrogen-bond donors (Lipinski definition) is 0. The molecule has 0 aliphatic rings. The molecule has 0 fully saturated rings. The zero-order valence-electron chi connectivity index (χ0n) is 13.6. The summed E-state index contributed by atoms with van der Waals surface area (Å²) in [4.78, 5) is 4.75. The van der Waals surface area contributed by atoms with Crippen LogP contribution in [-0.2, 0) is 12.3 Å². The van der Waals surface area contributed by atoms with E-state index in [9.17, 15) is 0 Å². The van der Waals surface area contributed by atoms with Crippen LogP contribution >= 0.6 is 11.8 Å². The number of benzene rings is 2. The van der Waals surface area contributed by atoms with E-state index < -0.39 is 0 Å². The van der Waals surface area contributed by atoms with E-state index in [1.54, 1.807) is 26.0 Å². The third-order valence-corrected chi connectivity index (χ3v) is 4.81. The number of para-hydroxylation sites is 2. The SMILES string of the molecule is CCn1c(SCc2cc(OC)ccc2OC)nc2ccccc21. The Morgan fingerprint density at radius 3 is 2.65 bits per heavy atom. The predicted octanol–water partition coefficient (Wildman–Crippen LogP) is 4.37. The molecule has 0 radical (unpaired) electrons. The lowest BCUT2D eigenvalue weighted by Gasteiger charge is -2.10. The Morgan fingerprint density at radius 2 is 1.91 bits per heavy atom. The molecule has 0 saturated heterocycles. The molecule has 0 spiro atoms. The summed E-state index contributed by atoms with van der Waals surface area (Å²) in [5, 5.41) is 1.03. The number of thioether (sulfide) groups is 1. The fourth-order valence-electron chi connectivity index (χ4n) is 2.61. The summed E-state index contributed by atoms with van der Waals surface area (Å²) >= 11 is 1.72. The van der Waals surface area contributed by atoms with Crippen LogP contribution in [0.5, 0.6) is 11.5 Å². The Bertz CT molecular complexity index is 814. The molecule has 0 bridgehead atoms. The molecule has 0 N–H and O–H groups in total. The molecule has 0 amide bonds. The van der Waals surface area contributed by atoms with Crippen molar-refractivity contribution < 1.29 is 9.47 Å². The van der Waals surface area contributed by atoms with Crippen molar-refractivity contribution in [2.45, 2.75) is 24.4 Å². The Labute approximate surface area is 140 Å². The van der Waals surface area contributed by atoms with Crippen molar-refractivity contribution in [3.63, 3.8) is 0 Å². The van der Waals surface area contributed by atoms with Crippen LogP contribution in [0.4, 0.5) is 0 Å². The molecule has 0 unspecified atom stereocenters. The Morgan fingerprint density at radius 1 is 1.09 bits per heavy atom. The summed E-state index contributed by atoms with van der Waals surface area (Å²) in [6.45, 7) is 3.04. The van der Waals surface area contributed by atoms with Gasteiger partial charge >= 0.3 is 0 Å². The van der Waals surface area contributed by atoms with E-state index >= 15 is 0 Å². The standard InChI is InChI=1S/C18H20N2O2S/c1-4-20-16-8-6-5-7-15(16)19-18(20)23-12-13-11-14(21-2)9-10-17(13)22-3/h5-11H,4,12H2,1-3H3. The highest BCUT2D eigenvalue weighted by Gasteiger charge is 2.12. The maximum Gasteiger partial charge on any atom is 0.169 e. The molecule has 3 aromatic rings. The van der Waals surface area contributed by atoms with E-state index in [-0.39, 0.29) is 0 Å². The van der Waals surface area contributed by atoms with Gasteiger partial charge in [-0.2, -0.15) is 0 Å². The molecule has 3 rings (SSSR count). The number of methoxy groups -OCH3 is 2. The first-order chi connectivity index (χ1) is 11.3. The minimum atomic E-state index is 0.781. The van der Waals surface area contributed by atoms with E-state index in [1.807, 2.05) is 24.3 Å². The van der Waals surface area contributed by atoms with Crippen LogP contribution in [0.25, 0.3) is 11.0 Å². The quantitative estimate of drug-likeness (QED) is 0.630. The zero-order chi connectivity index (χ0) is 16.2. The Kier molecular flexibility index (Phi) is 4.76. The number of rotatable bonds is 6.